The highest BCUT2D eigenvalue weighted by atomic mass is 127. The molecule has 1 N–H and O–H groups in total. The van der Waals surface area contributed by atoms with Crippen molar-refractivity contribution in [3.05, 3.63) is 0 Å². The van der Waals surface area contributed by atoms with Crippen LogP contribution in [0.15, 0.2) is 4.99 Å². The van der Waals surface area contributed by atoms with Gasteiger partial charge in [-0.05, 0) is 59.8 Å². The van der Waals surface area contributed by atoms with Crippen molar-refractivity contribution in [2.45, 2.75) is 59.5 Å². The van der Waals surface area contributed by atoms with E-state index in [4.69, 9.17) is 14.5 Å². The number of hydrogen-bond donors (Lipinski definition) is 1. The molecule has 7 nitrogen and oxygen atoms in total. The molecule has 0 aromatic rings. The number of amides is 1. The number of guanidine groups is 1. The van der Waals surface area contributed by atoms with Gasteiger partial charge >= 0.3 is 6.09 Å². The Bertz CT molecular complexity index is 461. The summed E-state index contributed by atoms with van der Waals surface area (Å²) >= 11 is 0. The van der Waals surface area contributed by atoms with E-state index in [2.05, 4.69) is 17.1 Å². The molecule has 0 radical (unpaired) electrons. The summed E-state index contributed by atoms with van der Waals surface area (Å²) in [5.74, 6) is 1.50. The second-order valence-electron chi connectivity index (χ2n) is 8.03. The molecule has 0 saturated carbocycles. The fourth-order valence-corrected chi connectivity index (χ4v) is 3.12. The van der Waals surface area contributed by atoms with Gasteiger partial charge in [-0.25, -0.2) is 4.79 Å². The molecule has 166 valence electrons. The van der Waals surface area contributed by atoms with Crippen molar-refractivity contribution in [1.82, 2.24) is 15.1 Å². The van der Waals surface area contributed by atoms with Crippen molar-refractivity contribution in [3.63, 3.8) is 0 Å². The van der Waals surface area contributed by atoms with Gasteiger partial charge in [-0.1, -0.05) is 0 Å². The van der Waals surface area contributed by atoms with E-state index < -0.39 is 5.60 Å². The van der Waals surface area contributed by atoms with E-state index >= 15 is 0 Å². The fraction of sp³-hybridized carbons (Fsp3) is 0.900. The van der Waals surface area contributed by atoms with E-state index in [-0.39, 0.29) is 30.1 Å². The van der Waals surface area contributed by atoms with E-state index in [1.54, 1.807) is 7.11 Å². The van der Waals surface area contributed by atoms with Crippen LogP contribution in [0.5, 0.6) is 0 Å². The Morgan fingerprint density at radius 2 is 1.89 bits per heavy atom. The van der Waals surface area contributed by atoms with Crippen molar-refractivity contribution < 1.29 is 14.3 Å². The second-order valence-corrected chi connectivity index (χ2v) is 8.03. The summed E-state index contributed by atoms with van der Waals surface area (Å²) in [5, 5.41) is 3.39. The van der Waals surface area contributed by atoms with E-state index in [1.807, 2.05) is 32.6 Å². The molecule has 1 rings (SSSR count). The summed E-state index contributed by atoms with van der Waals surface area (Å²) in [6.07, 6.45) is 2.84. The average molecular weight is 512 g/mol. The Morgan fingerprint density at radius 3 is 2.39 bits per heavy atom. The van der Waals surface area contributed by atoms with Crippen LogP contribution in [0.1, 0.15) is 53.9 Å². The lowest BCUT2D eigenvalue weighted by atomic mass is 9.96. The quantitative estimate of drug-likeness (QED) is 0.233. The van der Waals surface area contributed by atoms with Gasteiger partial charge in [0.2, 0.25) is 0 Å². The summed E-state index contributed by atoms with van der Waals surface area (Å²) in [7, 11) is 1.72. The number of ether oxygens (including phenoxy) is 2. The highest BCUT2D eigenvalue weighted by Gasteiger charge is 2.27. The number of methoxy groups -OCH3 is 1. The number of nitrogens with zero attached hydrogens (tertiary/aromatic N) is 3. The maximum Gasteiger partial charge on any atom is 0.410 e. The standard InChI is InChI=1S/C20H40N4O3.HI/c1-7-21-18(22-12-9-15-26-6)24-13-10-17(11-14-24)16-23(8-2)19(25)27-20(3,4)5;/h17H,7-16H2,1-6H3,(H,21,22);1H. The number of aliphatic imine (C=N–C) groups is 1. The van der Waals surface area contributed by atoms with Crippen molar-refractivity contribution in [2.75, 3.05) is 53.0 Å². The van der Waals surface area contributed by atoms with Crippen LogP contribution in [-0.2, 0) is 9.47 Å². The molecule has 0 unspecified atom stereocenters. The predicted octanol–water partition coefficient (Wildman–Crippen LogP) is 3.58. The molecule has 0 aromatic heterocycles. The zero-order chi connectivity index (χ0) is 20.3. The SMILES string of the molecule is CCNC(=NCCCOC)N1CCC(CN(CC)C(=O)OC(C)(C)C)CC1.I. The lowest BCUT2D eigenvalue weighted by molar-refractivity contribution is 0.0214. The van der Waals surface area contributed by atoms with Crippen LogP contribution in [0, 0.1) is 5.92 Å². The number of nitrogens with one attached hydrogen (secondary N) is 1. The van der Waals surface area contributed by atoms with Gasteiger partial charge in [0.15, 0.2) is 5.96 Å². The van der Waals surface area contributed by atoms with Gasteiger partial charge in [0.05, 0.1) is 0 Å². The van der Waals surface area contributed by atoms with Gasteiger partial charge < -0.3 is 24.6 Å². The molecular formula is C20H41IN4O3. The van der Waals surface area contributed by atoms with E-state index in [1.165, 1.54) is 0 Å². The molecular weight excluding hydrogens is 471 g/mol. The Morgan fingerprint density at radius 1 is 1.25 bits per heavy atom. The smallest absolute Gasteiger partial charge is 0.410 e. The first-order valence-corrected chi connectivity index (χ1v) is 10.3. The van der Waals surface area contributed by atoms with Gasteiger partial charge in [0.25, 0.3) is 0 Å². The molecule has 1 saturated heterocycles. The topological polar surface area (TPSA) is 66.4 Å². The molecule has 1 amide bonds. The molecule has 28 heavy (non-hydrogen) atoms. The van der Waals surface area contributed by atoms with Crippen LogP contribution in [0.4, 0.5) is 4.79 Å². The molecule has 1 aliphatic heterocycles. The Kier molecular flexibility index (Phi) is 13.9. The van der Waals surface area contributed by atoms with Crippen LogP contribution in [0.25, 0.3) is 0 Å². The summed E-state index contributed by atoms with van der Waals surface area (Å²) in [6.45, 7) is 15.6. The first-order valence-electron chi connectivity index (χ1n) is 10.3. The molecule has 0 spiro atoms. The van der Waals surface area contributed by atoms with Crippen LogP contribution in [0.3, 0.4) is 0 Å². The summed E-state index contributed by atoms with van der Waals surface area (Å²) in [5.41, 5.74) is -0.451. The van der Waals surface area contributed by atoms with Crippen molar-refractivity contribution in [2.24, 2.45) is 10.9 Å². The lowest BCUT2D eigenvalue weighted by Crippen LogP contribution is -2.48. The maximum atomic E-state index is 12.3. The minimum absolute atomic E-state index is 0. The zero-order valence-corrected chi connectivity index (χ0v) is 21.0. The number of hydrogen-bond acceptors (Lipinski definition) is 4. The normalized spacial score (nSPS) is 15.8. The number of piperidine rings is 1. The van der Waals surface area contributed by atoms with Gasteiger partial charge in [-0.15, -0.1) is 24.0 Å². The van der Waals surface area contributed by atoms with E-state index in [9.17, 15) is 4.79 Å². The monoisotopic (exact) mass is 512 g/mol. The summed E-state index contributed by atoms with van der Waals surface area (Å²) in [4.78, 5) is 21.2. The van der Waals surface area contributed by atoms with Crippen molar-refractivity contribution >= 4 is 36.0 Å². The van der Waals surface area contributed by atoms with Gasteiger partial charge in [-0.3, -0.25) is 4.99 Å². The van der Waals surface area contributed by atoms with Gasteiger partial charge in [0.1, 0.15) is 5.60 Å². The number of likely N-dealkylation sites (tertiary alicyclic amines) is 1. The Hall–Kier alpha value is -0.770. The third kappa shape index (κ3) is 10.7. The fourth-order valence-electron chi connectivity index (χ4n) is 3.12. The minimum Gasteiger partial charge on any atom is -0.444 e. The Balaban J connectivity index is 0.00000729. The average Bonchev–Trinajstić information content (AvgIpc) is 2.61. The summed E-state index contributed by atoms with van der Waals surface area (Å²) in [6, 6.07) is 0. The number of rotatable bonds is 8. The second kappa shape index (κ2) is 14.3. The lowest BCUT2D eigenvalue weighted by Gasteiger charge is -2.36. The molecule has 1 heterocycles. The highest BCUT2D eigenvalue weighted by Crippen LogP contribution is 2.20. The van der Waals surface area contributed by atoms with Crippen LogP contribution in [0.2, 0.25) is 0 Å². The third-order valence-electron chi connectivity index (χ3n) is 4.53. The van der Waals surface area contributed by atoms with Crippen LogP contribution in [-0.4, -0.2) is 80.4 Å². The maximum absolute atomic E-state index is 12.3. The van der Waals surface area contributed by atoms with Crippen LogP contribution >= 0.6 is 24.0 Å². The van der Waals surface area contributed by atoms with Crippen molar-refractivity contribution in [3.8, 4) is 0 Å². The number of halogens is 1. The van der Waals surface area contributed by atoms with Crippen LogP contribution < -0.4 is 5.32 Å². The molecule has 0 aromatic carbocycles. The molecule has 8 heteroatoms. The Labute approximate surface area is 188 Å². The summed E-state index contributed by atoms with van der Waals surface area (Å²) < 4.78 is 10.6. The first kappa shape index (κ1) is 27.2. The largest absolute Gasteiger partial charge is 0.444 e. The van der Waals surface area contributed by atoms with E-state index in [0.29, 0.717) is 12.5 Å². The van der Waals surface area contributed by atoms with E-state index in [0.717, 1.165) is 64.6 Å². The van der Waals surface area contributed by atoms with Gasteiger partial charge in [0, 0.05) is 53.0 Å². The molecule has 1 aliphatic rings. The molecule has 0 atom stereocenters. The number of carbonyl (C=O) groups excluding carboxylic acids is 1. The predicted molar refractivity (Wildman–Crippen MR) is 126 cm³/mol. The third-order valence-corrected chi connectivity index (χ3v) is 4.53. The zero-order valence-electron chi connectivity index (χ0n) is 18.6. The highest BCUT2D eigenvalue weighted by molar-refractivity contribution is 14.0. The number of carbonyl (C=O) groups is 1. The minimum atomic E-state index is -0.451. The first-order chi connectivity index (χ1) is 12.8. The van der Waals surface area contributed by atoms with Crippen molar-refractivity contribution in [1.29, 1.82) is 0 Å². The van der Waals surface area contributed by atoms with Gasteiger partial charge in [-0.2, -0.15) is 0 Å². The molecule has 0 bridgehead atoms. The molecule has 0 aliphatic carbocycles. The molecule has 1 fully saturated rings.